The standard InChI is InChI=1S/C23H24N4OS/c1-15(2)18-7-9-20(10-8-18)26-11-12-27-21(22(26)28)24-25-23(27)29-14-19-13-16(3)5-6-17(19)4/h5-13,15H,14H2,1-4H3. The van der Waals surface area contributed by atoms with Crippen LogP contribution in [-0.2, 0) is 5.75 Å². The maximum Gasteiger partial charge on any atom is 0.300 e. The maximum atomic E-state index is 13.0. The summed E-state index contributed by atoms with van der Waals surface area (Å²) in [6.07, 6.45) is 3.64. The van der Waals surface area contributed by atoms with Gasteiger partial charge in [-0.3, -0.25) is 13.8 Å². The van der Waals surface area contributed by atoms with Crippen molar-refractivity contribution in [2.75, 3.05) is 0 Å². The fourth-order valence-corrected chi connectivity index (χ4v) is 4.27. The highest BCUT2D eigenvalue weighted by molar-refractivity contribution is 7.98. The van der Waals surface area contributed by atoms with E-state index in [1.165, 1.54) is 22.3 Å². The molecule has 0 saturated carbocycles. The minimum Gasteiger partial charge on any atom is -0.280 e. The molecule has 0 aliphatic heterocycles. The van der Waals surface area contributed by atoms with Gasteiger partial charge in [-0.15, -0.1) is 10.2 Å². The fraction of sp³-hybridized carbons (Fsp3) is 0.261. The molecule has 2 aromatic heterocycles. The Hall–Kier alpha value is -2.86. The van der Waals surface area contributed by atoms with Crippen LogP contribution in [0.1, 0.15) is 42.0 Å². The molecule has 2 aromatic carbocycles. The average Bonchev–Trinajstić information content (AvgIpc) is 3.13. The van der Waals surface area contributed by atoms with Crippen molar-refractivity contribution in [3.05, 3.63) is 87.5 Å². The maximum absolute atomic E-state index is 13.0. The summed E-state index contributed by atoms with van der Waals surface area (Å²) < 4.78 is 3.39. The van der Waals surface area contributed by atoms with Crippen molar-refractivity contribution in [2.24, 2.45) is 0 Å². The van der Waals surface area contributed by atoms with Gasteiger partial charge in [-0.1, -0.05) is 61.5 Å². The van der Waals surface area contributed by atoms with Gasteiger partial charge in [-0.2, -0.15) is 0 Å². The third-order valence-electron chi connectivity index (χ3n) is 5.14. The van der Waals surface area contributed by atoms with Crippen LogP contribution in [0.3, 0.4) is 0 Å². The molecule has 0 saturated heterocycles. The van der Waals surface area contributed by atoms with E-state index >= 15 is 0 Å². The SMILES string of the molecule is Cc1ccc(C)c(CSc2nnc3c(=O)n(-c4ccc(C(C)C)cc4)ccn23)c1. The molecule has 0 aliphatic rings. The molecule has 29 heavy (non-hydrogen) atoms. The monoisotopic (exact) mass is 404 g/mol. The van der Waals surface area contributed by atoms with E-state index in [0.29, 0.717) is 11.6 Å². The van der Waals surface area contributed by atoms with Crippen molar-refractivity contribution >= 4 is 17.4 Å². The van der Waals surface area contributed by atoms with Crippen molar-refractivity contribution < 1.29 is 0 Å². The van der Waals surface area contributed by atoms with Crippen molar-refractivity contribution in [3.63, 3.8) is 0 Å². The molecule has 0 aliphatic carbocycles. The fourth-order valence-electron chi connectivity index (χ4n) is 3.29. The Balaban J connectivity index is 1.63. The summed E-state index contributed by atoms with van der Waals surface area (Å²) in [5.74, 6) is 1.24. The Morgan fingerprint density at radius 2 is 1.76 bits per heavy atom. The number of rotatable bonds is 5. The van der Waals surface area contributed by atoms with E-state index in [1.54, 1.807) is 26.9 Å². The molecule has 0 N–H and O–H groups in total. The molecule has 0 radical (unpaired) electrons. The number of hydrogen-bond donors (Lipinski definition) is 0. The first-order valence-electron chi connectivity index (χ1n) is 9.69. The van der Waals surface area contributed by atoms with Crippen molar-refractivity contribution in [1.82, 2.24) is 19.2 Å². The molecular formula is C23H24N4OS. The average molecular weight is 405 g/mol. The van der Waals surface area contributed by atoms with Crippen LogP contribution < -0.4 is 5.56 Å². The molecule has 0 fully saturated rings. The van der Waals surface area contributed by atoms with Crippen LogP contribution >= 0.6 is 11.8 Å². The predicted octanol–water partition coefficient (Wildman–Crippen LogP) is 4.91. The molecule has 0 amide bonds. The van der Waals surface area contributed by atoms with E-state index in [9.17, 15) is 4.79 Å². The zero-order chi connectivity index (χ0) is 20.5. The summed E-state index contributed by atoms with van der Waals surface area (Å²) >= 11 is 1.59. The summed E-state index contributed by atoms with van der Waals surface area (Å²) in [6.45, 7) is 8.51. The molecule has 4 rings (SSSR count). The number of nitrogens with zero attached hydrogens (tertiary/aromatic N) is 4. The number of thioether (sulfide) groups is 1. The van der Waals surface area contributed by atoms with Crippen LogP contribution in [0.4, 0.5) is 0 Å². The van der Waals surface area contributed by atoms with Gasteiger partial charge >= 0.3 is 5.56 Å². The first-order valence-corrected chi connectivity index (χ1v) is 10.7. The number of fused-ring (bicyclic) bond motifs is 1. The molecule has 0 bridgehead atoms. The van der Waals surface area contributed by atoms with Gasteiger partial charge in [0, 0.05) is 23.8 Å². The largest absolute Gasteiger partial charge is 0.300 e. The molecule has 6 heteroatoms. The Kier molecular flexibility index (Phi) is 5.28. The van der Waals surface area contributed by atoms with E-state index in [1.807, 2.05) is 18.3 Å². The minimum atomic E-state index is -0.170. The number of aromatic nitrogens is 4. The van der Waals surface area contributed by atoms with E-state index in [2.05, 4.69) is 68.2 Å². The molecule has 2 heterocycles. The molecular weight excluding hydrogens is 380 g/mol. The van der Waals surface area contributed by atoms with E-state index in [-0.39, 0.29) is 5.56 Å². The molecule has 0 unspecified atom stereocenters. The lowest BCUT2D eigenvalue weighted by atomic mass is 10.0. The first kappa shape index (κ1) is 19.5. The molecule has 0 atom stereocenters. The molecule has 5 nitrogen and oxygen atoms in total. The van der Waals surface area contributed by atoms with Crippen molar-refractivity contribution in [1.29, 1.82) is 0 Å². The smallest absolute Gasteiger partial charge is 0.280 e. The van der Waals surface area contributed by atoms with Gasteiger partial charge in [0.2, 0.25) is 5.65 Å². The van der Waals surface area contributed by atoms with Crippen LogP contribution in [0.15, 0.2) is 64.8 Å². The van der Waals surface area contributed by atoms with Gasteiger partial charge in [0.15, 0.2) is 5.16 Å². The van der Waals surface area contributed by atoms with Crippen LogP contribution in [0.25, 0.3) is 11.3 Å². The van der Waals surface area contributed by atoms with E-state index in [4.69, 9.17) is 0 Å². The number of hydrogen-bond acceptors (Lipinski definition) is 4. The van der Waals surface area contributed by atoms with Gasteiger partial charge in [0.05, 0.1) is 0 Å². The highest BCUT2D eigenvalue weighted by Gasteiger charge is 2.13. The Bertz CT molecular complexity index is 1220. The lowest BCUT2D eigenvalue weighted by Gasteiger charge is -2.09. The van der Waals surface area contributed by atoms with E-state index in [0.717, 1.165) is 16.6 Å². The van der Waals surface area contributed by atoms with Gasteiger partial charge in [0.1, 0.15) is 0 Å². The van der Waals surface area contributed by atoms with Crippen LogP contribution in [-0.4, -0.2) is 19.2 Å². The van der Waals surface area contributed by atoms with Gasteiger partial charge in [-0.05, 0) is 48.6 Å². The second kappa shape index (κ2) is 7.87. The Morgan fingerprint density at radius 3 is 2.48 bits per heavy atom. The molecule has 4 aromatic rings. The quantitative estimate of drug-likeness (QED) is 0.443. The summed E-state index contributed by atoms with van der Waals surface area (Å²) in [7, 11) is 0. The third kappa shape index (κ3) is 3.85. The first-order chi connectivity index (χ1) is 13.9. The zero-order valence-corrected chi connectivity index (χ0v) is 17.9. The second-order valence-corrected chi connectivity index (χ2v) is 8.56. The summed E-state index contributed by atoms with van der Waals surface area (Å²) in [6, 6.07) is 14.5. The summed E-state index contributed by atoms with van der Waals surface area (Å²) in [5, 5.41) is 9.14. The zero-order valence-electron chi connectivity index (χ0n) is 17.1. The lowest BCUT2D eigenvalue weighted by molar-refractivity contribution is 0.862. The third-order valence-corrected chi connectivity index (χ3v) is 6.13. The molecule has 148 valence electrons. The van der Waals surface area contributed by atoms with E-state index < -0.39 is 0 Å². The number of benzene rings is 2. The van der Waals surface area contributed by atoms with Crippen LogP contribution in [0.5, 0.6) is 0 Å². The van der Waals surface area contributed by atoms with Crippen molar-refractivity contribution in [3.8, 4) is 5.69 Å². The predicted molar refractivity (Wildman–Crippen MR) is 118 cm³/mol. The highest BCUT2D eigenvalue weighted by Crippen LogP contribution is 2.24. The Labute approximate surface area is 174 Å². The lowest BCUT2D eigenvalue weighted by Crippen LogP contribution is -2.20. The van der Waals surface area contributed by atoms with Crippen molar-refractivity contribution in [2.45, 2.75) is 44.5 Å². The highest BCUT2D eigenvalue weighted by atomic mass is 32.2. The summed E-state index contributed by atoms with van der Waals surface area (Å²) in [5.41, 5.74) is 6.00. The van der Waals surface area contributed by atoms with Gasteiger partial charge in [0.25, 0.3) is 0 Å². The topological polar surface area (TPSA) is 52.2 Å². The Morgan fingerprint density at radius 1 is 1.00 bits per heavy atom. The van der Waals surface area contributed by atoms with Crippen LogP contribution in [0, 0.1) is 13.8 Å². The normalized spacial score (nSPS) is 11.5. The number of aryl methyl sites for hydroxylation is 2. The molecule has 0 spiro atoms. The van der Waals surface area contributed by atoms with Gasteiger partial charge < -0.3 is 0 Å². The minimum absolute atomic E-state index is 0.170. The summed E-state index contributed by atoms with van der Waals surface area (Å²) in [4.78, 5) is 13.0. The van der Waals surface area contributed by atoms with Gasteiger partial charge in [-0.25, -0.2) is 0 Å². The second-order valence-electron chi connectivity index (χ2n) is 7.61. The van der Waals surface area contributed by atoms with Crippen LogP contribution in [0.2, 0.25) is 0 Å².